The number of nitrogens with zero attached hydrogens (tertiary/aromatic N) is 1. The molecule has 0 spiro atoms. The van der Waals surface area contributed by atoms with Crippen LogP contribution in [0.5, 0.6) is 0 Å². The Morgan fingerprint density at radius 1 is 1.41 bits per heavy atom. The molecule has 1 heterocycles. The number of hydrogen-bond donors (Lipinski definition) is 0. The van der Waals surface area contributed by atoms with Gasteiger partial charge < -0.3 is 9.90 Å². The number of aryl methyl sites for hydroxylation is 1. The Hall–Kier alpha value is -0.440. The van der Waals surface area contributed by atoms with Gasteiger partial charge in [0.25, 0.3) is 10.0 Å². The third-order valence-electron chi connectivity index (χ3n) is 2.16. The Morgan fingerprint density at radius 2 is 2.00 bits per heavy atom. The molecule has 17 heavy (non-hydrogen) atoms. The van der Waals surface area contributed by atoms with E-state index >= 15 is 0 Å². The second kappa shape index (κ2) is 5.05. The number of carboxylic acid groups (broad SMARTS) is 1. The molecule has 1 aliphatic rings. The second-order valence-electron chi connectivity index (χ2n) is 3.30. The first kappa shape index (κ1) is 14.6. The molecular weight excluding hydrogens is 257 g/mol. The first-order chi connectivity index (χ1) is 7.44. The summed E-state index contributed by atoms with van der Waals surface area (Å²) < 4.78 is 24.1. The summed E-state index contributed by atoms with van der Waals surface area (Å²) in [5.74, 6) is -1.57. The molecule has 1 aromatic rings. The van der Waals surface area contributed by atoms with E-state index in [1.165, 1.54) is 6.07 Å². The number of hydroxylamine groups is 1. The fraction of sp³-hybridized carbons (Fsp3) is 0.222. The maximum absolute atomic E-state index is 11.8. The number of aliphatic carboxylic acids is 1. The van der Waals surface area contributed by atoms with Crippen LogP contribution >= 0.6 is 0 Å². The van der Waals surface area contributed by atoms with E-state index in [9.17, 15) is 18.3 Å². The van der Waals surface area contributed by atoms with E-state index in [-0.39, 0.29) is 34.5 Å². The average molecular weight is 265 g/mol. The van der Waals surface area contributed by atoms with E-state index in [4.69, 9.17) is 0 Å². The van der Waals surface area contributed by atoms with Crippen molar-refractivity contribution in [2.75, 3.05) is 0 Å². The van der Waals surface area contributed by atoms with Crippen LogP contribution in [0.15, 0.2) is 29.2 Å². The number of sulfonamides is 1. The molecule has 2 rings (SSSR count). The molecule has 0 N–H and O–H groups in total. The van der Waals surface area contributed by atoms with Crippen LogP contribution in [-0.2, 0) is 19.7 Å². The van der Waals surface area contributed by atoms with E-state index in [0.29, 0.717) is 10.0 Å². The van der Waals surface area contributed by atoms with Crippen LogP contribution in [0.4, 0.5) is 0 Å². The number of carboxylic acids is 1. The second-order valence-corrected chi connectivity index (χ2v) is 5.05. The summed E-state index contributed by atoms with van der Waals surface area (Å²) in [6, 6.07) is 6.24. The first-order valence-corrected chi connectivity index (χ1v) is 5.86. The van der Waals surface area contributed by atoms with Crippen LogP contribution in [-0.4, -0.2) is 25.1 Å². The quantitative estimate of drug-likeness (QED) is 0.410. The minimum Gasteiger partial charge on any atom is -0.546 e. The Balaban J connectivity index is 0.00000144. The molecule has 2 atom stereocenters. The molecule has 1 aliphatic heterocycles. The summed E-state index contributed by atoms with van der Waals surface area (Å²) in [5, 5.41) is 10.4. The van der Waals surface area contributed by atoms with E-state index in [0.717, 1.165) is 0 Å². The number of benzene rings is 1. The van der Waals surface area contributed by atoms with Crippen molar-refractivity contribution in [3.8, 4) is 0 Å². The van der Waals surface area contributed by atoms with Crippen LogP contribution in [0.2, 0.25) is 0 Å². The van der Waals surface area contributed by atoms with Gasteiger partial charge in [-0.1, -0.05) is 18.2 Å². The Kier molecular flexibility index (Phi) is 4.34. The molecule has 0 amide bonds. The van der Waals surface area contributed by atoms with Gasteiger partial charge in [0.05, 0.1) is 10.9 Å². The van der Waals surface area contributed by atoms with Crippen LogP contribution in [0.1, 0.15) is 5.56 Å². The summed E-state index contributed by atoms with van der Waals surface area (Å²) in [4.78, 5) is 14.9. The van der Waals surface area contributed by atoms with Gasteiger partial charge in [0.1, 0.15) is 0 Å². The average Bonchev–Trinajstić information content (AvgIpc) is 2.97. The molecule has 8 heteroatoms. The maximum atomic E-state index is 11.8. The molecule has 0 aromatic heterocycles. The number of carbonyl (C=O) groups excluding carboxylic acids is 1. The molecule has 2 unspecified atom stereocenters. The van der Waals surface area contributed by atoms with Crippen molar-refractivity contribution in [1.82, 2.24) is 4.47 Å². The molecule has 86 valence electrons. The normalized spacial score (nSPS) is 22.6. The zero-order chi connectivity index (χ0) is 11.9. The van der Waals surface area contributed by atoms with E-state index < -0.39 is 22.2 Å². The fourth-order valence-corrected chi connectivity index (χ4v) is 2.78. The number of carbonyl (C=O) groups is 1. The Bertz CT molecular complexity index is 544. The summed E-state index contributed by atoms with van der Waals surface area (Å²) in [6.45, 7) is 1.62. The van der Waals surface area contributed by atoms with Crippen molar-refractivity contribution in [2.24, 2.45) is 0 Å². The Morgan fingerprint density at radius 3 is 2.47 bits per heavy atom. The Labute approximate surface area is 120 Å². The van der Waals surface area contributed by atoms with E-state index in [1.54, 1.807) is 25.1 Å². The predicted molar refractivity (Wildman–Crippen MR) is 50.1 cm³/mol. The zero-order valence-corrected chi connectivity index (χ0v) is 12.1. The molecule has 1 saturated heterocycles. The van der Waals surface area contributed by atoms with Crippen LogP contribution in [0.25, 0.3) is 0 Å². The minimum atomic E-state index is -3.90. The first-order valence-electron chi connectivity index (χ1n) is 4.42. The van der Waals surface area contributed by atoms with Crippen LogP contribution in [0, 0.1) is 6.92 Å². The van der Waals surface area contributed by atoms with Gasteiger partial charge in [-0.25, -0.2) is 8.42 Å². The standard InChI is InChI=1S/C9H9NO5S.Na/c1-6-4-2-3-5-7(6)16(13,14)10-8(15-10)9(11)12;/h2-5,8H,1H3,(H,11,12);/q;+1/p-1. The summed E-state index contributed by atoms with van der Waals surface area (Å²) in [6.07, 6.45) is -1.51. The van der Waals surface area contributed by atoms with Gasteiger partial charge in [-0.3, -0.25) is 4.84 Å². The van der Waals surface area contributed by atoms with Crippen molar-refractivity contribution in [3.05, 3.63) is 29.8 Å². The third-order valence-corrected chi connectivity index (χ3v) is 3.92. The van der Waals surface area contributed by atoms with Crippen molar-refractivity contribution in [3.63, 3.8) is 0 Å². The topological polar surface area (TPSA) is 89.8 Å². The van der Waals surface area contributed by atoms with Gasteiger partial charge in [-0.05, 0) is 23.0 Å². The number of hydrogen-bond acceptors (Lipinski definition) is 5. The molecule has 0 aliphatic carbocycles. The van der Waals surface area contributed by atoms with Gasteiger partial charge >= 0.3 is 29.6 Å². The van der Waals surface area contributed by atoms with Crippen molar-refractivity contribution < 1.29 is 52.7 Å². The molecule has 1 aromatic carbocycles. The van der Waals surface area contributed by atoms with Gasteiger partial charge in [0.2, 0.25) is 6.23 Å². The molecule has 0 radical (unpaired) electrons. The summed E-state index contributed by atoms with van der Waals surface area (Å²) in [7, 11) is -3.90. The third kappa shape index (κ3) is 2.70. The van der Waals surface area contributed by atoms with Gasteiger partial charge in [0.15, 0.2) is 0 Å². The monoisotopic (exact) mass is 265 g/mol. The van der Waals surface area contributed by atoms with Crippen LogP contribution < -0.4 is 34.7 Å². The predicted octanol–water partition coefficient (Wildman–Crippen LogP) is -3.99. The van der Waals surface area contributed by atoms with Crippen molar-refractivity contribution >= 4 is 16.0 Å². The van der Waals surface area contributed by atoms with Gasteiger partial charge in [0, 0.05) is 0 Å². The van der Waals surface area contributed by atoms with Gasteiger partial charge in [-0.2, -0.15) is 0 Å². The zero-order valence-electron chi connectivity index (χ0n) is 9.28. The summed E-state index contributed by atoms with van der Waals surface area (Å²) >= 11 is 0. The smallest absolute Gasteiger partial charge is 0.546 e. The minimum absolute atomic E-state index is 0. The summed E-state index contributed by atoms with van der Waals surface area (Å²) in [5.41, 5.74) is 0.523. The number of rotatable bonds is 3. The van der Waals surface area contributed by atoms with Crippen molar-refractivity contribution in [2.45, 2.75) is 18.0 Å². The maximum Gasteiger partial charge on any atom is 1.00 e. The molecule has 0 bridgehead atoms. The van der Waals surface area contributed by atoms with E-state index in [2.05, 4.69) is 4.84 Å². The molecular formula is C9H8NNaO5S. The van der Waals surface area contributed by atoms with Crippen LogP contribution in [0.3, 0.4) is 0 Å². The molecule has 6 nitrogen and oxygen atoms in total. The van der Waals surface area contributed by atoms with Crippen molar-refractivity contribution in [1.29, 1.82) is 0 Å². The molecule has 0 saturated carbocycles. The fourth-order valence-electron chi connectivity index (χ4n) is 1.33. The largest absolute Gasteiger partial charge is 1.00 e. The SMILES string of the molecule is Cc1ccccc1S(=O)(=O)N1OC1C(=O)[O-].[Na+]. The molecule has 1 fully saturated rings. The van der Waals surface area contributed by atoms with E-state index in [1.807, 2.05) is 0 Å². The van der Waals surface area contributed by atoms with Gasteiger partial charge in [-0.15, -0.1) is 0 Å².